The summed E-state index contributed by atoms with van der Waals surface area (Å²) in [7, 11) is 0. The zero-order valence-corrected chi connectivity index (χ0v) is 19.3. The highest BCUT2D eigenvalue weighted by atomic mass is 35.5. The van der Waals surface area contributed by atoms with Crippen molar-refractivity contribution in [3.8, 4) is 11.3 Å². The van der Waals surface area contributed by atoms with E-state index >= 15 is 0 Å². The molecule has 3 aromatic rings. The number of aliphatic hydroxyl groups excluding tert-OH is 1. The zero-order chi connectivity index (χ0) is 23.5. The van der Waals surface area contributed by atoms with Crippen LogP contribution in [0, 0.1) is 5.82 Å². The van der Waals surface area contributed by atoms with Gasteiger partial charge in [0.1, 0.15) is 11.3 Å². The minimum atomic E-state index is -1.22. The molecule has 1 aromatic carbocycles. The van der Waals surface area contributed by atoms with E-state index in [9.17, 15) is 9.50 Å². The number of hydrogen-bond acceptors (Lipinski definition) is 7. The van der Waals surface area contributed by atoms with Crippen molar-refractivity contribution in [3.05, 3.63) is 46.0 Å². The van der Waals surface area contributed by atoms with E-state index in [1.165, 1.54) is 18.5 Å². The lowest BCUT2D eigenvalue weighted by atomic mass is 9.97. The van der Waals surface area contributed by atoms with E-state index in [1.807, 2.05) is 0 Å². The maximum absolute atomic E-state index is 14.5. The Kier molecular flexibility index (Phi) is 7.84. The number of aliphatic hydroxyl groups is 2. The summed E-state index contributed by atoms with van der Waals surface area (Å²) in [4.78, 5) is 11.9. The summed E-state index contributed by atoms with van der Waals surface area (Å²) in [5.41, 5.74) is 5.51. The van der Waals surface area contributed by atoms with Gasteiger partial charge in [-0.1, -0.05) is 23.2 Å². The van der Waals surface area contributed by atoms with Gasteiger partial charge in [-0.15, -0.1) is 0 Å². The number of nitrogen functional groups attached to an aromatic ring is 1. The summed E-state index contributed by atoms with van der Waals surface area (Å²) in [6.07, 6.45) is 5.65. The van der Waals surface area contributed by atoms with Crippen molar-refractivity contribution in [3.63, 3.8) is 0 Å². The van der Waals surface area contributed by atoms with Crippen LogP contribution in [0.15, 0.2) is 24.5 Å². The van der Waals surface area contributed by atoms with Gasteiger partial charge in [0.2, 0.25) is 5.95 Å². The molecule has 1 aliphatic rings. The number of rotatable bonds is 2. The maximum atomic E-state index is 14.5. The van der Waals surface area contributed by atoms with Crippen LogP contribution in [-0.2, 0) is 10.3 Å². The summed E-state index contributed by atoms with van der Waals surface area (Å²) < 4.78 is 19.5. The molecule has 3 heterocycles. The Labute approximate surface area is 195 Å². The lowest BCUT2D eigenvalue weighted by molar-refractivity contribution is 0.0512. The number of anilines is 1. The predicted molar refractivity (Wildman–Crippen MR) is 123 cm³/mol. The normalized spacial score (nSPS) is 16.9. The first-order valence-electron chi connectivity index (χ1n) is 10.1. The summed E-state index contributed by atoms with van der Waals surface area (Å²) in [6, 6.07) is 2.86. The van der Waals surface area contributed by atoms with Gasteiger partial charge in [-0.2, -0.15) is 0 Å². The first-order chi connectivity index (χ1) is 15.1. The van der Waals surface area contributed by atoms with E-state index in [4.69, 9.17) is 38.8 Å². The van der Waals surface area contributed by atoms with Crippen molar-refractivity contribution in [2.45, 2.75) is 44.8 Å². The van der Waals surface area contributed by atoms with Gasteiger partial charge in [0.25, 0.3) is 0 Å². The van der Waals surface area contributed by atoms with Gasteiger partial charge in [0.05, 0.1) is 40.2 Å². The molecular formula is C22H25Cl2FN4O3. The number of aromatic nitrogens is 3. The topological polar surface area (TPSA) is 114 Å². The smallest absolute Gasteiger partial charge is 0.220 e. The van der Waals surface area contributed by atoms with Crippen LogP contribution in [-0.4, -0.2) is 44.5 Å². The first-order valence-corrected chi connectivity index (χ1v) is 10.9. The van der Waals surface area contributed by atoms with E-state index in [0.717, 1.165) is 25.9 Å². The van der Waals surface area contributed by atoms with Crippen molar-refractivity contribution in [1.82, 2.24) is 15.0 Å². The van der Waals surface area contributed by atoms with Crippen molar-refractivity contribution >= 4 is 40.1 Å². The van der Waals surface area contributed by atoms with Crippen LogP contribution in [0.5, 0.6) is 0 Å². The maximum Gasteiger partial charge on any atom is 0.220 e. The average molecular weight is 483 g/mol. The van der Waals surface area contributed by atoms with E-state index in [1.54, 1.807) is 19.9 Å². The number of halogens is 3. The Morgan fingerprint density at radius 2 is 1.94 bits per heavy atom. The fourth-order valence-corrected chi connectivity index (χ4v) is 3.89. The molecule has 0 aliphatic carbocycles. The number of nitrogens with two attached hydrogens (primary N) is 1. The molecule has 32 heavy (non-hydrogen) atoms. The molecule has 1 fully saturated rings. The van der Waals surface area contributed by atoms with Crippen LogP contribution < -0.4 is 5.73 Å². The van der Waals surface area contributed by atoms with Gasteiger partial charge in [-0.25, -0.2) is 14.4 Å². The first kappa shape index (κ1) is 24.5. The lowest BCUT2D eigenvalue weighted by Gasteiger charge is -2.20. The standard InChI is InChI=1S/C16H13Cl2FN4O.C6H12O2/c1-16(2,24)9-5-21-14-8(12(9)18)3-7(4-11(14)19)13-10(17)6-22-15(20)23-13;7-6-3-1-2-4-8-5-6/h3-6,24H,1-2H3,(H2,20,22,23);6-7H,1-5H2. The van der Waals surface area contributed by atoms with E-state index in [0.29, 0.717) is 23.1 Å². The molecule has 0 spiro atoms. The molecule has 4 N–H and O–H groups in total. The second-order valence-electron chi connectivity index (χ2n) is 8.05. The predicted octanol–water partition coefficient (Wildman–Crippen LogP) is 4.50. The van der Waals surface area contributed by atoms with Crippen LogP contribution >= 0.6 is 23.2 Å². The van der Waals surface area contributed by atoms with E-state index in [-0.39, 0.29) is 33.3 Å². The molecule has 1 saturated heterocycles. The van der Waals surface area contributed by atoms with E-state index in [2.05, 4.69) is 15.0 Å². The average Bonchev–Trinajstić information content (AvgIpc) is 2.97. The number of benzene rings is 1. The summed E-state index contributed by atoms with van der Waals surface area (Å²) in [5, 5.41) is 19.9. The molecule has 1 aliphatic heterocycles. The highest BCUT2D eigenvalue weighted by molar-refractivity contribution is 6.36. The molecule has 4 rings (SSSR count). The second-order valence-corrected chi connectivity index (χ2v) is 8.83. The third-order valence-electron chi connectivity index (χ3n) is 4.94. The van der Waals surface area contributed by atoms with Crippen molar-refractivity contribution < 1.29 is 19.3 Å². The highest BCUT2D eigenvalue weighted by Crippen LogP contribution is 2.36. The summed E-state index contributed by atoms with van der Waals surface area (Å²) >= 11 is 12.5. The Morgan fingerprint density at radius 1 is 1.19 bits per heavy atom. The van der Waals surface area contributed by atoms with Crippen LogP contribution in [0.25, 0.3) is 22.2 Å². The Balaban J connectivity index is 0.000000305. The van der Waals surface area contributed by atoms with Crippen LogP contribution in [0.2, 0.25) is 10.0 Å². The molecule has 0 saturated carbocycles. The third kappa shape index (κ3) is 5.82. The van der Waals surface area contributed by atoms with Gasteiger partial charge in [-0.05, 0) is 45.2 Å². The third-order valence-corrected chi connectivity index (χ3v) is 5.62. The van der Waals surface area contributed by atoms with Crippen molar-refractivity contribution in [2.75, 3.05) is 18.9 Å². The lowest BCUT2D eigenvalue weighted by Crippen LogP contribution is -2.16. The molecule has 2 aromatic heterocycles. The van der Waals surface area contributed by atoms with Gasteiger partial charge in [0, 0.05) is 29.3 Å². The summed E-state index contributed by atoms with van der Waals surface area (Å²) in [5.74, 6) is -0.565. The van der Waals surface area contributed by atoms with Crippen LogP contribution in [0.4, 0.5) is 10.3 Å². The Bertz CT molecular complexity index is 1100. The molecule has 0 amide bonds. The molecular weight excluding hydrogens is 458 g/mol. The number of hydrogen-bond donors (Lipinski definition) is 3. The van der Waals surface area contributed by atoms with Crippen LogP contribution in [0.3, 0.4) is 0 Å². The zero-order valence-electron chi connectivity index (χ0n) is 17.8. The number of fused-ring (bicyclic) bond motifs is 1. The van der Waals surface area contributed by atoms with Crippen molar-refractivity contribution in [2.24, 2.45) is 0 Å². The fraction of sp³-hybridized carbons (Fsp3) is 0.409. The molecule has 10 heteroatoms. The molecule has 7 nitrogen and oxygen atoms in total. The second kappa shape index (κ2) is 10.2. The van der Waals surface area contributed by atoms with E-state index < -0.39 is 11.4 Å². The number of ether oxygens (including phenoxy) is 1. The molecule has 172 valence electrons. The molecule has 0 radical (unpaired) electrons. The Hall–Kier alpha value is -2.10. The summed E-state index contributed by atoms with van der Waals surface area (Å²) in [6.45, 7) is 4.52. The number of pyridine rings is 1. The fourth-order valence-electron chi connectivity index (χ4n) is 3.26. The number of nitrogens with zero attached hydrogens (tertiary/aromatic N) is 3. The quantitative estimate of drug-likeness (QED) is 0.492. The Morgan fingerprint density at radius 3 is 2.66 bits per heavy atom. The molecule has 0 bridgehead atoms. The molecule has 1 atom stereocenters. The SMILES string of the molecule is CC(C)(O)c1cnc2c(F)cc(-c3nc(N)ncc3Cl)cc2c1Cl.OC1CCCCOC1. The monoisotopic (exact) mass is 482 g/mol. The minimum Gasteiger partial charge on any atom is -0.391 e. The molecule has 1 unspecified atom stereocenters. The largest absolute Gasteiger partial charge is 0.391 e. The van der Waals surface area contributed by atoms with Crippen molar-refractivity contribution in [1.29, 1.82) is 0 Å². The van der Waals surface area contributed by atoms with Gasteiger partial charge >= 0.3 is 0 Å². The van der Waals surface area contributed by atoms with Gasteiger partial charge in [0.15, 0.2) is 0 Å². The van der Waals surface area contributed by atoms with Gasteiger partial charge < -0.3 is 20.7 Å². The highest BCUT2D eigenvalue weighted by Gasteiger charge is 2.23. The minimum absolute atomic E-state index is 0.0179. The van der Waals surface area contributed by atoms with Gasteiger partial charge in [-0.3, -0.25) is 4.98 Å². The van der Waals surface area contributed by atoms with Crippen LogP contribution in [0.1, 0.15) is 38.7 Å².